The second-order valence-electron chi connectivity index (χ2n) is 6.07. The fraction of sp³-hybridized carbons (Fsp3) is 0.333. The Bertz CT molecular complexity index is 687. The molecule has 0 spiro atoms. The highest BCUT2D eigenvalue weighted by molar-refractivity contribution is 9.10. The second kappa shape index (κ2) is 7.13. The summed E-state index contributed by atoms with van der Waals surface area (Å²) < 4.78 is 1.01. The molecule has 3 rings (SSSR count). The number of piperidine rings is 1. The van der Waals surface area contributed by atoms with Gasteiger partial charge in [0.05, 0.1) is 5.56 Å². The molecule has 1 aliphatic heterocycles. The molecule has 0 aliphatic carbocycles. The lowest BCUT2D eigenvalue weighted by molar-refractivity contribution is 0.0682. The van der Waals surface area contributed by atoms with E-state index in [-0.39, 0.29) is 5.91 Å². The summed E-state index contributed by atoms with van der Waals surface area (Å²) >= 11 is 3.44. The maximum atomic E-state index is 12.5. The molecular formula is C18H20BrN3O. The molecule has 1 unspecified atom stereocenters. The van der Waals surface area contributed by atoms with Crippen molar-refractivity contribution in [3.05, 3.63) is 52.6 Å². The van der Waals surface area contributed by atoms with Crippen molar-refractivity contribution in [2.24, 2.45) is 5.92 Å². The van der Waals surface area contributed by atoms with E-state index in [2.05, 4.69) is 33.2 Å². The lowest BCUT2D eigenvalue weighted by Crippen LogP contribution is -2.39. The fourth-order valence-corrected chi connectivity index (χ4v) is 3.26. The number of likely N-dealkylation sites (tertiary alicyclic amines) is 1. The molecule has 1 fully saturated rings. The quantitative estimate of drug-likeness (QED) is 0.863. The van der Waals surface area contributed by atoms with Crippen LogP contribution in [-0.2, 0) is 0 Å². The molecule has 0 bridgehead atoms. The first-order valence-electron chi connectivity index (χ1n) is 7.90. The van der Waals surface area contributed by atoms with Crippen LogP contribution in [0.1, 0.15) is 30.1 Å². The molecule has 2 heterocycles. The summed E-state index contributed by atoms with van der Waals surface area (Å²) in [5, 5.41) is 3.23. The standard InChI is InChI=1S/C18H20BrN3O/c1-13-4-3-9-22(12-13)18(23)14-7-8-17(20-11-14)21-16-6-2-5-15(19)10-16/h2,5-8,10-11,13H,3-4,9,12H2,1H3,(H,20,21). The number of carbonyl (C=O) groups excluding carboxylic acids is 1. The van der Waals surface area contributed by atoms with Gasteiger partial charge in [0.15, 0.2) is 0 Å². The first kappa shape index (κ1) is 16.0. The Morgan fingerprint density at radius 1 is 1.35 bits per heavy atom. The monoisotopic (exact) mass is 373 g/mol. The van der Waals surface area contributed by atoms with Crippen molar-refractivity contribution in [1.29, 1.82) is 0 Å². The van der Waals surface area contributed by atoms with Crippen LogP contribution in [-0.4, -0.2) is 28.9 Å². The lowest BCUT2D eigenvalue weighted by atomic mass is 10.00. The molecule has 1 atom stereocenters. The minimum absolute atomic E-state index is 0.0815. The summed E-state index contributed by atoms with van der Waals surface area (Å²) in [6.45, 7) is 3.89. The zero-order valence-corrected chi connectivity index (χ0v) is 14.7. The first-order valence-corrected chi connectivity index (χ1v) is 8.69. The molecule has 1 aliphatic rings. The van der Waals surface area contributed by atoms with E-state index in [4.69, 9.17) is 0 Å². The van der Waals surface area contributed by atoms with Crippen LogP contribution in [0.3, 0.4) is 0 Å². The fourth-order valence-electron chi connectivity index (χ4n) is 2.86. The molecular weight excluding hydrogens is 354 g/mol. The summed E-state index contributed by atoms with van der Waals surface area (Å²) in [5.74, 6) is 1.39. The van der Waals surface area contributed by atoms with Crippen LogP contribution in [0.4, 0.5) is 11.5 Å². The number of halogens is 1. The maximum absolute atomic E-state index is 12.5. The molecule has 23 heavy (non-hydrogen) atoms. The van der Waals surface area contributed by atoms with Crippen LogP contribution < -0.4 is 5.32 Å². The van der Waals surface area contributed by atoms with Crippen molar-refractivity contribution in [1.82, 2.24) is 9.88 Å². The van der Waals surface area contributed by atoms with Gasteiger partial charge < -0.3 is 10.2 Å². The van der Waals surface area contributed by atoms with Crippen molar-refractivity contribution in [2.45, 2.75) is 19.8 Å². The average molecular weight is 374 g/mol. The molecule has 5 heteroatoms. The zero-order valence-electron chi connectivity index (χ0n) is 13.1. The number of aromatic nitrogens is 1. The summed E-state index contributed by atoms with van der Waals surface area (Å²) in [6.07, 6.45) is 3.95. The van der Waals surface area contributed by atoms with Gasteiger partial charge >= 0.3 is 0 Å². The van der Waals surface area contributed by atoms with Gasteiger partial charge in [0.2, 0.25) is 0 Å². The Labute approximate surface area is 145 Å². The van der Waals surface area contributed by atoms with E-state index in [1.165, 1.54) is 6.42 Å². The van der Waals surface area contributed by atoms with Gasteiger partial charge in [0, 0.05) is 29.4 Å². The largest absolute Gasteiger partial charge is 0.340 e. The van der Waals surface area contributed by atoms with Crippen molar-refractivity contribution >= 4 is 33.3 Å². The van der Waals surface area contributed by atoms with E-state index in [1.807, 2.05) is 41.3 Å². The van der Waals surface area contributed by atoms with Crippen LogP contribution in [0.15, 0.2) is 47.1 Å². The first-order chi connectivity index (χ1) is 11.1. The minimum Gasteiger partial charge on any atom is -0.340 e. The van der Waals surface area contributed by atoms with E-state index in [0.717, 1.165) is 35.5 Å². The molecule has 2 aromatic rings. The predicted molar refractivity (Wildman–Crippen MR) is 96.0 cm³/mol. The summed E-state index contributed by atoms with van der Waals surface area (Å²) in [4.78, 5) is 18.8. The number of nitrogens with one attached hydrogen (secondary N) is 1. The molecule has 0 saturated carbocycles. The third-order valence-electron chi connectivity index (χ3n) is 4.05. The van der Waals surface area contributed by atoms with Crippen molar-refractivity contribution < 1.29 is 4.79 Å². The van der Waals surface area contributed by atoms with Gasteiger partial charge in [-0.05, 0) is 49.1 Å². The molecule has 1 amide bonds. The van der Waals surface area contributed by atoms with E-state index >= 15 is 0 Å². The Morgan fingerprint density at radius 2 is 2.22 bits per heavy atom. The number of benzene rings is 1. The Balaban J connectivity index is 1.68. The Morgan fingerprint density at radius 3 is 2.91 bits per heavy atom. The number of hydrogen-bond donors (Lipinski definition) is 1. The number of carbonyl (C=O) groups is 1. The number of anilines is 2. The van der Waals surface area contributed by atoms with E-state index in [9.17, 15) is 4.79 Å². The normalized spacial score (nSPS) is 17.8. The van der Waals surface area contributed by atoms with E-state index in [0.29, 0.717) is 11.5 Å². The van der Waals surface area contributed by atoms with Gasteiger partial charge in [-0.25, -0.2) is 4.98 Å². The summed E-state index contributed by atoms with van der Waals surface area (Å²) in [7, 11) is 0. The predicted octanol–water partition coefficient (Wildman–Crippen LogP) is 4.46. The smallest absolute Gasteiger partial charge is 0.255 e. The van der Waals surface area contributed by atoms with Crippen LogP contribution in [0.5, 0.6) is 0 Å². The number of nitrogens with zero attached hydrogens (tertiary/aromatic N) is 2. The van der Waals surface area contributed by atoms with Crippen LogP contribution in [0, 0.1) is 5.92 Å². The highest BCUT2D eigenvalue weighted by Gasteiger charge is 2.22. The summed E-state index contributed by atoms with van der Waals surface area (Å²) in [6, 6.07) is 11.6. The van der Waals surface area contributed by atoms with Crippen molar-refractivity contribution in [3.8, 4) is 0 Å². The van der Waals surface area contributed by atoms with Gasteiger partial charge in [-0.3, -0.25) is 4.79 Å². The van der Waals surface area contributed by atoms with Crippen molar-refractivity contribution in [3.63, 3.8) is 0 Å². The number of pyridine rings is 1. The van der Waals surface area contributed by atoms with Gasteiger partial charge in [0.1, 0.15) is 5.82 Å². The zero-order chi connectivity index (χ0) is 16.2. The van der Waals surface area contributed by atoms with E-state index in [1.54, 1.807) is 6.20 Å². The molecule has 1 N–H and O–H groups in total. The molecule has 0 radical (unpaired) electrons. The number of rotatable bonds is 3. The highest BCUT2D eigenvalue weighted by Crippen LogP contribution is 2.21. The lowest BCUT2D eigenvalue weighted by Gasteiger charge is -2.30. The molecule has 120 valence electrons. The van der Waals surface area contributed by atoms with Crippen LogP contribution in [0.2, 0.25) is 0 Å². The minimum atomic E-state index is 0.0815. The molecule has 1 aromatic carbocycles. The SMILES string of the molecule is CC1CCCN(C(=O)c2ccc(Nc3cccc(Br)c3)nc2)C1. The number of amides is 1. The van der Waals surface area contributed by atoms with Gasteiger partial charge in [-0.1, -0.05) is 28.9 Å². The molecule has 4 nitrogen and oxygen atoms in total. The third-order valence-corrected chi connectivity index (χ3v) is 4.54. The maximum Gasteiger partial charge on any atom is 0.255 e. The molecule has 1 aromatic heterocycles. The van der Waals surface area contributed by atoms with Crippen LogP contribution in [0.25, 0.3) is 0 Å². The topological polar surface area (TPSA) is 45.2 Å². The number of hydrogen-bond acceptors (Lipinski definition) is 3. The summed E-state index contributed by atoms with van der Waals surface area (Å²) in [5.41, 5.74) is 1.61. The third kappa shape index (κ3) is 4.10. The highest BCUT2D eigenvalue weighted by atomic mass is 79.9. The Hall–Kier alpha value is -1.88. The second-order valence-corrected chi connectivity index (χ2v) is 6.98. The molecule has 1 saturated heterocycles. The van der Waals surface area contributed by atoms with E-state index < -0.39 is 0 Å². The van der Waals surface area contributed by atoms with Crippen molar-refractivity contribution in [2.75, 3.05) is 18.4 Å². The van der Waals surface area contributed by atoms with Gasteiger partial charge in [-0.15, -0.1) is 0 Å². The van der Waals surface area contributed by atoms with Gasteiger partial charge in [-0.2, -0.15) is 0 Å². The average Bonchev–Trinajstić information content (AvgIpc) is 2.55. The van der Waals surface area contributed by atoms with Crippen LogP contribution >= 0.6 is 15.9 Å². The Kier molecular flexibility index (Phi) is 4.96. The van der Waals surface area contributed by atoms with Gasteiger partial charge in [0.25, 0.3) is 5.91 Å².